The standard InChI is InChI=1S/C13H17BrFNS/c1-13(2)9-16(6-7-17-13)8-10-4-3-5-11(15)12(10)14/h3-5H,6-9H2,1-2H3. The van der Waals surface area contributed by atoms with E-state index in [1.807, 2.05) is 17.8 Å². The molecule has 17 heavy (non-hydrogen) atoms. The molecule has 1 fully saturated rings. The highest BCUT2D eigenvalue weighted by atomic mass is 79.9. The molecule has 1 nitrogen and oxygen atoms in total. The summed E-state index contributed by atoms with van der Waals surface area (Å²) in [7, 11) is 0. The van der Waals surface area contributed by atoms with E-state index >= 15 is 0 Å². The Morgan fingerprint density at radius 3 is 2.94 bits per heavy atom. The summed E-state index contributed by atoms with van der Waals surface area (Å²) in [4.78, 5) is 2.40. The molecule has 1 saturated heterocycles. The molecule has 0 N–H and O–H groups in total. The minimum atomic E-state index is -0.173. The molecule has 1 aliphatic heterocycles. The van der Waals surface area contributed by atoms with Crippen LogP contribution < -0.4 is 0 Å². The van der Waals surface area contributed by atoms with Gasteiger partial charge in [0.2, 0.25) is 0 Å². The molecule has 0 radical (unpaired) electrons. The van der Waals surface area contributed by atoms with Gasteiger partial charge in [-0.05, 0) is 41.4 Å². The van der Waals surface area contributed by atoms with Gasteiger partial charge in [0, 0.05) is 30.1 Å². The van der Waals surface area contributed by atoms with E-state index in [0.717, 1.165) is 31.0 Å². The van der Waals surface area contributed by atoms with Gasteiger partial charge in [-0.1, -0.05) is 12.1 Å². The lowest BCUT2D eigenvalue weighted by atomic mass is 10.1. The lowest BCUT2D eigenvalue weighted by Crippen LogP contribution is -2.42. The summed E-state index contributed by atoms with van der Waals surface area (Å²) in [5.41, 5.74) is 1.03. The van der Waals surface area contributed by atoms with Gasteiger partial charge in [0.15, 0.2) is 0 Å². The van der Waals surface area contributed by atoms with Crippen molar-refractivity contribution in [1.29, 1.82) is 0 Å². The fraction of sp³-hybridized carbons (Fsp3) is 0.538. The number of hydrogen-bond donors (Lipinski definition) is 0. The van der Waals surface area contributed by atoms with Crippen LogP contribution in [0.25, 0.3) is 0 Å². The average molecular weight is 318 g/mol. The van der Waals surface area contributed by atoms with Crippen molar-refractivity contribution >= 4 is 27.7 Å². The Bertz CT molecular complexity index is 408. The second-order valence-electron chi connectivity index (χ2n) is 5.03. The zero-order chi connectivity index (χ0) is 12.5. The average Bonchev–Trinajstić information content (AvgIpc) is 2.23. The molecule has 1 heterocycles. The quantitative estimate of drug-likeness (QED) is 0.813. The second kappa shape index (κ2) is 5.29. The van der Waals surface area contributed by atoms with Crippen LogP contribution in [-0.4, -0.2) is 28.5 Å². The van der Waals surface area contributed by atoms with Crippen molar-refractivity contribution in [3.05, 3.63) is 34.1 Å². The topological polar surface area (TPSA) is 3.24 Å². The van der Waals surface area contributed by atoms with Gasteiger partial charge in [0.1, 0.15) is 5.82 Å². The van der Waals surface area contributed by atoms with Crippen LogP contribution in [-0.2, 0) is 6.54 Å². The van der Waals surface area contributed by atoms with Crippen molar-refractivity contribution in [3.63, 3.8) is 0 Å². The molecular formula is C13H17BrFNS. The third-order valence-corrected chi connectivity index (χ3v) is 5.12. The minimum absolute atomic E-state index is 0.173. The predicted molar refractivity (Wildman–Crippen MR) is 75.9 cm³/mol. The lowest BCUT2D eigenvalue weighted by Gasteiger charge is -2.37. The maximum absolute atomic E-state index is 13.4. The molecule has 0 aromatic heterocycles. The van der Waals surface area contributed by atoms with Crippen molar-refractivity contribution < 1.29 is 4.39 Å². The van der Waals surface area contributed by atoms with Crippen LogP contribution in [0.5, 0.6) is 0 Å². The Morgan fingerprint density at radius 2 is 2.24 bits per heavy atom. The van der Waals surface area contributed by atoms with E-state index in [2.05, 4.69) is 34.7 Å². The normalized spacial score (nSPS) is 20.5. The maximum atomic E-state index is 13.4. The van der Waals surface area contributed by atoms with Gasteiger partial charge in [0.25, 0.3) is 0 Å². The molecule has 94 valence electrons. The highest BCUT2D eigenvalue weighted by molar-refractivity contribution is 9.10. The molecule has 0 amide bonds. The smallest absolute Gasteiger partial charge is 0.137 e. The Labute approximate surface area is 115 Å². The van der Waals surface area contributed by atoms with Crippen LogP contribution in [0, 0.1) is 5.82 Å². The molecule has 1 aliphatic rings. The predicted octanol–water partition coefficient (Wildman–Crippen LogP) is 3.92. The number of hydrogen-bond acceptors (Lipinski definition) is 2. The minimum Gasteiger partial charge on any atom is -0.297 e. The van der Waals surface area contributed by atoms with Crippen molar-refractivity contribution in [2.45, 2.75) is 25.1 Å². The van der Waals surface area contributed by atoms with Crippen LogP contribution in [0.15, 0.2) is 22.7 Å². The van der Waals surface area contributed by atoms with E-state index in [9.17, 15) is 4.39 Å². The summed E-state index contributed by atoms with van der Waals surface area (Å²) in [5.74, 6) is 0.980. The van der Waals surface area contributed by atoms with Crippen LogP contribution in [0.4, 0.5) is 4.39 Å². The van der Waals surface area contributed by atoms with Crippen LogP contribution >= 0.6 is 27.7 Å². The summed E-state index contributed by atoms with van der Waals surface area (Å²) < 4.78 is 14.3. The summed E-state index contributed by atoms with van der Waals surface area (Å²) >= 11 is 5.34. The number of benzene rings is 1. The fourth-order valence-corrected chi connectivity index (χ4v) is 3.73. The first-order chi connectivity index (χ1) is 7.98. The summed E-state index contributed by atoms with van der Waals surface area (Å²) in [6.07, 6.45) is 0. The van der Waals surface area contributed by atoms with E-state index in [1.54, 1.807) is 6.07 Å². The highest BCUT2D eigenvalue weighted by Gasteiger charge is 2.27. The van der Waals surface area contributed by atoms with Gasteiger partial charge in [-0.2, -0.15) is 11.8 Å². The Balaban J connectivity index is 2.08. The second-order valence-corrected chi connectivity index (χ2v) is 7.63. The van der Waals surface area contributed by atoms with Crippen molar-refractivity contribution in [2.24, 2.45) is 0 Å². The molecule has 0 bridgehead atoms. The van der Waals surface area contributed by atoms with Gasteiger partial charge in [-0.25, -0.2) is 4.39 Å². The number of halogens is 2. The first kappa shape index (κ1) is 13.4. The molecule has 0 aliphatic carbocycles. The number of nitrogens with zero attached hydrogens (tertiary/aromatic N) is 1. The summed E-state index contributed by atoms with van der Waals surface area (Å²) in [6, 6.07) is 5.25. The van der Waals surface area contributed by atoms with E-state index in [4.69, 9.17) is 0 Å². The maximum Gasteiger partial charge on any atom is 0.137 e. The zero-order valence-electron chi connectivity index (χ0n) is 10.2. The monoisotopic (exact) mass is 317 g/mol. The molecule has 0 unspecified atom stereocenters. The molecule has 0 saturated carbocycles. The molecule has 4 heteroatoms. The summed E-state index contributed by atoms with van der Waals surface area (Å²) in [5, 5.41) is 0. The first-order valence-electron chi connectivity index (χ1n) is 5.77. The lowest BCUT2D eigenvalue weighted by molar-refractivity contribution is 0.252. The fourth-order valence-electron chi connectivity index (χ4n) is 2.16. The van der Waals surface area contributed by atoms with Gasteiger partial charge >= 0.3 is 0 Å². The molecule has 2 rings (SSSR count). The highest BCUT2D eigenvalue weighted by Crippen LogP contribution is 2.31. The van der Waals surface area contributed by atoms with E-state index in [1.165, 1.54) is 6.07 Å². The SMILES string of the molecule is CC1(C)CN(Cc2cccc(F)c2Br)CCS1. The molecule has 0 atom stereocenters. The number of thioether (sulfide) groups is 1. The van der Waals surface area contributed by atoms with Crippen LogP contribution in [0.3, 0.4) is 0 Å². The molecule has 1 aromatic rings. The molecule has 0 spiro atoms. The zero-order valence-corrected chi connectivity index (χ0v) is 12.6. The van der Waals surface area contributed by atoms with Crippen molar-refractivity contribution in [2.75, 3.05) is 18.8 Å². The third kappa shape index (κ3) is 3.46. The van der Waals surface area contributed by atoms with Gasteiger partial charge in [-0.15, -0.1) is 0 Å². The Morgan fingerprint density at radius 1 is 1.47 bits per heavy atom. The van der Waals surface area contributed by atoms with E-state index in [-0.39, 0.29) is 5.82 Å². The number of rotatable bonds is 2. The van der Waals surface area contributed by atoms with E-state index in [0.29, 0.717) is 9.22 Å². The van der Waals surface area contributed by atoms with Crippen LogP contribution in [0.2, 0.25) is 0 Å². The summed E-state index contributed by atoms with van der Waals surface area (Å²) in [6.45, 7) is 7.49. The first-order valence-corrected chi connectivity index (χ1v) is 7.55. The van der Waals surface area contributed by atoms with E-state index < -0.39 is 0 Å². The largest absolute Gasteiger partial charge is 0.297 e. The van der Waals surface area contributed by atoms with Gasteiger partial charge in [0.05, 0.1) is 4.47 Å². The van der Waals surface area contributed by atoms with Gasteiger partial charge < -0.3 is 0 Å². The van der Waals surface area contributed by atoms with Crippen molar-refractivity contribution in [1.82, 2.24) is 4.90 Å². The van der Waals surface area contributed by atoms with Crippen molar-refractivity contribution in [3.8, 4) is 0 Å². The Kier molecular flexibility index (Phi) is 4.16. The molecule has 1 aromatic carbocycles. The van der Waals surface area contributed by atoms with Gasteiger partial charge in [-0.3, -0.25) is 4.90 Å². The molecular weight excluding hydrogens is 301 g/mol. The Hall–Kier alpha value is -0.0600. The van der Waals surface area contributed by atoms with Crippen LogP contribution in [0.1, 0.15) is 19.4 Å². The third-order valence-electron chi connectivity index (χ3n) is 2.93.